The second-order valence-electron chi connectivity index (χ2n) is 4.36. The molecule has 3 aromatic rings. The lowest BCUT2D eigenvalue weighted by molar-refractivity contribution is 0.0949. The van der Waals surface area contributed by atoms with Crippen molar-refractivity contribution in [1.29, 1.82) is 0 Å². The molecule has 0 aliphatic rings. The van der Waals surface area contributed by atoms with Crippen molar-refractivity contribution in [2.75, 3.05) is 0 Å². The third-order valence-corrected chi connectivity index (χ3v) is 2.97. The molecule has 3 rings (SSSR count). The number of nitrogens with zero attached hydrogens (tertiary/aromatic N) is 3. The molecule has 2 heterocycles. The molecule has 21 heavy (non-hydrogen) atoms. The van der Waals surface area contributed by atoms with Gasteiger partial charge < -0.3 is 5.32 Å². The fraction of sp³-hybridized carbons (Fsp3) is 0.0714. The molecule has 0 bridgehead atoms. The minimum absolute atomic E-state index is 0.0442. The molecule has 1 aromatic carbocycles. The van der Waals surface area contributed by atoms with Crippen LogP contribution in [0.2, 0.25) is 0 Å². The molecule has 0 spiro atoms. The predicted octanol–water partition coefficient (Wildman–Crippen LogP) is 1.94. The van der Waals surface area contributed by atoms with E-state index in [1.54, 1.807) is 16.7 Å². The number of amides is 1. The second-order valence-corrected chi connectivity index (χ2v) is 4.36. The first-order chi connectivity index (χ1) is 10.1. The van der Waals surface area contributed by atoms with Crippen LogP contribution in [-0.4, -0.2) is 20.5 Å². The summed E-state index contributed by atoms with van der Waals surface area (Å²) in [5.74, 6) is -2.02. The monoisotopic (exact) mass is 288 g/mol. The van der Waals surface area contributed by atoms with Crippen molar-refractivity contribution < 1.29 is 13.6 Å². The zero-order valence-corrected chi connectivity index (χ0v) is 10.8. The lowest BCUT2D eigenvalue weighted by Crippen LogP contribution is -2.24. The third kappa shape index (κ3) is 2.58. The van der Waals surface area contributed by atoms with Crippen LogP contribution < -0.4 is 5.32 Å². The Hall–Kier alpha value is -2.83. The molecule has 0 unspecified atom stereocenters. The Bertz CT molecular complexity index is 816. The van der Waals surface area contributed by atoms with Gasteiger partial charge in [-0.3, -0.25) is 9.20 Å². The van der Waals surface area contributed by atoms with Crippen molar-refractivity contribution in [3.05, 3.63) is 65.6 Å². The smallest absolute Gasteiger partial charge is 0.251 e. The summed E-state index contributed by atoms with van der Waals surface area (Å²) in [4.78, 5) is 11.9. The number of benzene rings is 1. The molecule has 1 amide bonds. The summed E-state index contributed by atoms with van der Waals surface area (Å²) in [5, 5.41) is 10.5. The number of rotatable bonds is 3. The van der Waals surface area contributed by atoms with E-state index in [-0.39, 0.29) is 12.1 Å². The van der Waals surface area contributed by atoms with Gasteiger partial charge in [0.2, 0.25) is 0 Å². The summed E-state index contributed by atoms with van der Waals surface area (Å²) in [5.41, 5.74) is 0.706. The molecule has 0 aliphatic carbocycles. The van der Waals surface area contributed by atoms with E-state index in [2.05, 4.69) is 15.5 Å². The lowest BCUT2D eigenvalue weighted by Gasteiger charge is -2.04. The normalized spacial score (nSPS) is 10.8. The standard InChI is InChI=1S/C14H10F2N4O/c15-10-5-4-9(7-11(10)16)14(21)17-8-13-19-18-12-3-1-2-6-20(12)13/h1-7H,8H2,(H,17,21). The SMILES string of the molecule is O=C(NCc1nnc2ccccn12)c1ccc(F)c(F)c1. The minimum atomic E-state index is -1.06. The Balaban J connectivity index is 1.75. The second kappa shape index (κ2) is 5.28. The molecule has 7 heteroatoms. The average Bonchev–Trinajstić information content (AvgIpc) is 2.91. The van der Waals surface area contributed by atoms with Crippen LogP contribution in [0.5, 0.6) is 0 Å². The fourth-order valence-corrected chi connectivity index (χ4v) is 1.91. The third-order valence-electron chi connectivity index (χ3n) is 2.97. The van der Waals surface area contributed by atoms with E-state index in [0.29, 0.717) is 11.5 Å². The van der Waals surface area contributed by atoms with Crippen molar-refractivity contribution in [3.8, 4) is 0 Å². The number of hydrogen-bond donors (Lipinski definition) is 1. The van der Waals surface area contributed by atoms with Gasteiger partial charge in [-0.25, -0.2) is 8.78 Å². The number of carbonyl (C=O) groups excluding carboxylic acids is 1. The number of nitrogens with one attached hydrogen (secondary N) is 1. The topological polar surface area (TPSA) is 59.3 Å². The first-order valence-electron chi connectivity index (χ1n) is 6.17. The van der Waals surface area contributed by atoms with Gasteiger partial charge in [-0.2, -0.15) is 0 Å². The van der Waals surface area contributed by atoms with E-state index in [1.807, 2.05) is 12.1 Å². The quantitative estimate of drug-likeness (QED) is 0.801. The highest BCUT2D eigenvalue weighted by Gasteiger charge is 2.11. The Morgan fingerprint density at radius 3 is 2.81 bits per heavy atom. The Morgan fingerprint density at radius 1 is 1.14 bits per heavy atom. The lowest BCUT2D eigenvalue weighted by atomic mass is 10.2. The van der Waals surface area contributed by atoms with E-state index in [0.717, 1.165) is 12.1 Å². The van der Waals surface area contributed by atoms with Crippen LogP contribution in [0.4, 0.5) is 8.78 Å². The number of carbonyl (C=O) groups is 1. The maximum absolute atomic E-state index is 13.1. The van der Waals surface area contributed by atoms with Crippen LogP contribution in [0.15, 0.2) is 42.6 Å². The van der Waals surface area contributed by atoms with Crippen LogP contribution in [0.3, 0.4) is 0 Å². The van der Waals surface area contributed by atoms with Crippen LogP contribution >= 0.6 is 0 Å². The molecular weight excluding hydrogens is 278 g/mol. The summed E-state index contributed by atoms with van der Waals surface area (Å²) in [6.07, 6.45) is 1.77. The van der Waals surface area contributed by atoms with Crippen LogP contribution in [-0.2, 0) is 6.54 Å². The Morgan fingerprint density at radius 2 is 2.00 bits per heavy atom. The summed E-state index contributed by atoms with van der Waals surface area (Å²) < 4.78 is 27.6. The number of hydrogen-bond acceptors (Lipinski definition) is 3. The van der Waals surface area contributed by atoms with Crippen molar-refractivity contribution in [2.24, 2.45) is 0 Å². The van der Waals surface area contributed by atoms with Crippen molar-refractivity contribution >= 4 is 11.6 Å². The molecule has 0 atom stereocenters. The largest absolute Gasteiger partial charge is 0.345 e. The maximum Gasteiger partial charge on any atom is 0.251 e. The zero-order chi connectivity index (χ0) is 14.8. The average molecular weight is 288 g/mol. The Labute approximate surface area is 118 Å². The van der Waals surface area contributed by atoms with Gasteiger partial charge in [0.05, 0.1) is 6.54 Å². The first kappa shape index (κ1) is 13.2. The molecular formula is C14H10F2N4O. The first-order valence-corrected chi connectivity index (χ1v) is 6.17. The van der Waals surface area contributed by atoms with E-state index >= 15 is 0 Å². The van der Waals surface area contributed by atoms with Gasteiger partial charge in [-0.05, 0) is 30.3 Å². The summed E-state index contributed by atoms with van der Waals surface area (Å²) in [7, 11) is 0. The Kier molecular flexibility index (Phi) is 3.31. The molecule has 0 fully saturated rings. The molecule has 106 valence electrons. The van der Waals surface area contributed by atoms with Gasteiger partial charge in [0, 0.05) is 11.8 Å². The molecule has 0 radical (unpaired) electrons. The van der Waals surface area contributed by atoms with Crippen LogP contribution in [0, 0.1) is 11.6 Å². The van der Waals surface area contributed by atoms with Gasteiger partial charge in [0.25, 0.3) is 5.91 Å². The van der Waals surface area contributed by atoms with Gasteiger partial charge >= 0.3 is 0 Å². The molecule has 1 N–H and O–H groups in total. The highest BCUT2D eigenvalue weighted by atomic mass is 19.2. The zero-order valence-electron chi connectivity index (χ0n) is 10.8. The van der Waals surface area contributed by atoms with Crippen LogP contribution in [0.25, 0.3) is 5.65 Å². The van der Waals surface area contributed by atoms with Gasteiger partial charge in [0.15, 0.2) is 23.1 Å². The number of halogens is 2. The fourth-order valence-electron chi connectivity index (χ4n) is 1.91. The van der Waals surface area contributed by atoms with E-state index in [4.69, 9.17) is 0 Å². The summed E-state index contributed by atoms with van der Waals surface area (Å²) in [6.45, 7) is 0.128. The highest BCUT2D eigenvalue weighted by Crippen LogP contribution is 2.09. The van der Waals surface area contributed by atoms with Gasteiger partial charge in [-0.15, -0.1) is 10.2 Å². The van der Waals surface area contributed by atoms with Gasteiger partial charge in [0.1, 0.15) is 0 Å². The van der Waals surface area contributed by atoms with Crippen molar-refractivity contribution in [1.82, 2.24) is 19.9 Å². The molecule has 2 aromatic heterocycles. The molecule has 0 saturated carbocycles. The number of fused-ring (bicyclic) bond motifs is 1. The predicted molar refractivity (Wildman–Crippen MR) is 70.5 cm³/mol. The summed E-state index contributed by atoms with van der Waals surface area (Å²) >= 11 is 0. The van der Waals surface area contributed by atoms with E-state index < -0.39 is 17.5 Å². The van der Waals surface area contributed by atoms with Crippen molar-refractivity contribution in [2.45, 2.75) is 6.54 Å². The van der Waals surface area contributed by atoms with E-state index in [9.17, 15) is 13.6 Å². The molecule has 5 nitrogen and oxygen atoms in total. The minimum Gasteiger partial charge on any atom is -0.345 e. The molecule has 0 aliphatic heterocycles. The highest BCUT2D eigenvalue weighted by molar-refractivity contribution is 5.94. The molecule has 0 saturated heterocycles. The summed E-state index contributed by atoms with van der Waals surface area (Å²) in [6, 6.07) is 8.41. The number of aromatic nitrogens is 3. The maximum atomic E-state index is 13.1. The van der Waals surface area contributed by atoms with Crippen molar-refractivity contribution in [3.63, 3.8) is 0 Å². The van der Waals surface area contributed by atoms with E-state index in [1.165, 1.54) is 6.07 Å². The van der Waals surface area contributed by atoms with Crippen LogP contribution in [0.1, 0.15) is 16.2 Å². The van der Waals surface area contributed by atoms with Gasteiger partial charge in [-0.1, -0.05) is 6.07 Å². The number of pyridine rings is 1.